The number of nitrogens with zero attached hydrogens (tertiary/aromatic N) is 2. The summed E-state index contributed by atoms with van der Waals surface area (Å²) in [6.45, 7) is 3.61. The lowest BCUT2D eigenvalue weighted by Crippen LogP contribution is -2.20. The van der Waals surface area contributed by atoms with Gasteiger partial charge in [-0.1, -0.05) is 12.1 Å². The number of rotatable bonds is 7. The van der Waals surface area contributed by atoms with E-state index in [1.54, 1.807) is 18.3 Å². The highest BCUT2D eigenvalue weighted by Gasteiger charge is 2.04. The molecule has 5 heteroatoms. The normalized spacial score (nSPS) is 10.5. The molecule has 0 bridgehead atoms. The van der Waals surface area contributed by atoms with E-state index in [1.165, 1.54) is 5.56 Å². The SMILES string of the molecule is Cc1ccc(CCNCCO)cc1Oc1cccnn1. The maximum atomic E-state index is 8.71. The van der Waals surface area contributed by atoms with Gasteiger partial charge in [-0.05, 0) is 43.1 Å². The number of ether oxygens (including phenoxy) is 1. The van der Waals surface area contributed by atoms with Crippen molar-refractivity contribution in [2.24, 2.45) is 0 Å². The molecule has 2 aromatic rings. The Morgan fingerprint density at radius 1 is 1.25 bits per heavy atom. The van der Waals surface area contributed by atoms with Gasteiger partial charge in [0.15, 0.2) is 0 Å². The number of hydrogen-bond donors (Lipinski definition) is 2. The Bertz CT molecular complexity index is 532. The Hall–Kier alpha value is -1.98. The summed E-state index contributed by atoms with van der Waals surface area (Å²) in [5.41, 5.74) is 2.24. The van der Waals surface area contributed by atoms with Gasteiger partial charge in [-0.15, -0.1) is 5.10 Å². The molecule has 20 heavy (non-hydrogen) atoms. The Balaban J connectivity index is 2.01. The highest BCUT2D eigenvalue weighted by molar-refractivity contribution is 5.38. The van der Waals surface area contributed by atoms with Crippen molar-refractivity contribution >= 4 is 0 Å². The minimum Gasteiger partial charge on any atom is -0.437 e. The van der Waals surface area contributed by atoms with Gasteiger partial charge in [-0.25, -0.2) is 0 Å². The van der Waals surface area contributed by atoms with Crippen molar-refractivity contribution in [3.63, 3.8) is 0 Å². The number of nitrogens with one attached hydrogen (secondary N) is 1. The molecule has 0 atom stereocenters. The van der Waals surface area contributed by atoms with E-state index >= 15 is 0 Å². The van der Waals surface area contributed by atoms with E-state index in [4.69, 9.17) is 9.84 Å². The van der Waals surface area contributed by atoms with Crippen LogP contribution in [0.2, 0.25) is 0 Å². The molecule has 0 radical (unpaired) electrons. The summed E-state index contributed by atoms with van der Waals surface area (Å²) in [5, 5.41) is 19.6. The number of aryl methyl sites for hydroxylation is 1. The lowest BCUT2D eigenvalue weighted by Gasteiger charge is -2.10. The molecule has 2 rings (SSSR count). The number of aliphatic hydroxyl groups is 1. The predicted octanol–water partition coefficient (Wildman–Crippen LogP) is 1.70. The van der Waals surface area contributed by atoms with Crippen molar-refractivity contribution in [1.82, 2.24) is 15.5 Å². The smallest absolute Gasteiger partial charge is 0.238 e. The van der Waals surface area contributed by atoms with Gasteiger partial charge in [0.1, 0.15) is 5.75 Å². The van der Waals surface area contributed by atoms with Gasteiger partial charge < -0.3 is 15.2 Å². The predicted molar refractivity (Wildman–Crippen MR) is 76.9 cm³/mol. The zero-order valence-corrected chi connectivity index (χ0v) is 11.5. The van der Waals surface area contributed by atoms with Crippen LogP contribution in [0.1, 0.15) is 11.1 Å². The molecule has 2 N–H and O–H groups in total. The molecule has 0 saturated carbocycles. The summed E-state index contributed by atoms with van der Waals surface area (Å²) in [6.07, 6.45) is 2.50. The second-order valence-electron chi connectivity index (χ2n) is 4.49. The molecule has 0 spiro atoms. The zero-order valence-electron chi connectivity index (χ0n) is 11.5. The number of aliphatic hydroxyl groups excluding tert-OH is 1. The quantitative estimate of drug-likeness (QED) is 0.752. The van der Waals surface area contributed by atoms with E-state index in [1.807, 2.05) is 19.1 Å². The first-order valence-electron chi connectivity index (χ1n) is 6.66. The molecule has 5 nitrogen and oxygen atoms in total. The first kappa shape index (κ1) is 14.4. The van der Waals surface area contributed by atoms with Crippen molar-refractivity contribution in [3.05, 3.63) is 47.7 Å². The molecular formula is C15H19N3O2. The lowest BCUT2D eigenvalue weighted by atomic mass is 10.1. The second kappa shape index (κ2) is 7.57. The first-order valence-corrected chi connectivity index (χ1v) is 6.66. The molecule has 0 unspecified atom stereocenters. The van der Waals surface area contributed by atoms with Crippen LogP contribution in [-0.2, 0) is 6.42 Å². The minimum absolute atomic E-state index is 0.162. The van der Waals surface area contributed by atoms with E-state index < -0.39 is 0 Å². The topological polar surface area (TPSA) is 67.3 Å². The molecule has 106 valence electrons. The third kappa shape index (κ3) is 4.29. The number of benzene rings is 1. The van der Waals surface area contributed by atoms with Crippen molar-refractivity contribution in [1.29, 1.82) is 0 Å². The second-order valence-corrected chi connectivity index (χ2v) is 4.49. The fourth-order valence-corrected chi connectivity index (χ4v) is 1.80. The van der Waals surface area contributed by atoms with Crippen LogP contribution in [0, 0.1) is 6.92 Å². The fourth-order valence-electron chi connectivity index (χ4n) is 1.80. The third-order valence-electron chi connectivity index (χ3n) is 2.89. The largest absolute Gasteiger partial charge is 0.437 e. The van der Waals surface area contributed by atoms with E-state index in [-0.39, 0.29) is 6.61 Å². The molecule has 1 aromatic carbocycles. The van der Waals surface area contributed by atoms with Gasteiger partial charge in [0, 0.05) is 18.8 Å². The Morgan fingerprint density at radius 3 is 2.90 bits per heavy atom. The van der Waals surface area contributed by atoms with Crippen LogP contribution in [0.4, 0.5) is 0 Å². The first-order chi connectivity index (χ1) is 9.79. The Morgan fingerprint density at radius 2 is 2.15 bits per heavy atom. The molecule has 0 saturated heterocycles. The summed E-state index contributed by atoms with van der Waals surface area (Å²) in [4.78, 5) is 0. The molecule has 0 amide bonds. The molecule has 0 aliphatic carbocycles. The van der Waals surface area contributed by atoms with Crippen LogP contribution >= 0.6 is 0 Å². The van der Waals surface area contributed by atoms with Crippen LogP contribution in [0.5, 0.6) is 11.6 Å². The number of aromatic nitrogens is 2. The van der Waals surface area contributed by atoms with Gasteiger partial charge in [-0.3, -0.25) is 0 Å². The lowest BCUT2D eigenvalue weighted by molar-refractivity contribution is 0.293. The van der Waals surface area contributed by atoms with E-state index in [0.29, 0.717) is 12.4 Å². The molecular weight excluding hydrogens is 254 g/mol. The summed E-state index contributed by atoms with van der Waals surface area (Å²) < 4.78 is 5.74. The van der Waals surface area contributed by atoms with E-state index in [2.05, 4.69) is 21.6 Å². The molecule has 0 aliphatic rings. The maximum absolute atomic E-state index is 8.71. The number of hydrogen-bond acceptors (Lipinski definition) is 5. The minimum atomic E-state index is 0.162. The average Bonchev–Trinajstić information content (AvgIpc) is 2.48. The molecule has 1 aromatic heterocycles. The summed E-state index contributed by atoms with van der Waals surface area (Å²) >= 11 is 0. The fraction of sp³-hybridized carbons (Fsp3) is 0.333. The summed E-state index contributed by atoms with van der Waals surface area (Å²) in [5.74, 6) is 1.29. The van der Waals surface area contributed by atoms with E-state index in [0.717, 1.165) is 24.3 Å². The van der Waals surface area contributed by atoms with Gasteiger partial charge in [0.2, 0.25) is 5.88 Å². The van der Waals surface area contributed by atoms with Gasteiger partial charge >= 0.3 is 0 Å². The maximum Gasteiger partial charge on any atom is 0.238 e. The Labute approximate surface area is 118 Å². The molecule has 0 fully saturated rings. The monoisotopic (exact) mass is 273 g/mol. The highest BCUT2D eigenvalue weighted by atomic mass is 16.5. The van der Waals surface area contributed by atoms with E-state index in [9.17, 15) is 0 Å². The van der Waals surface area contributed by atoms with Crippen molar-refractivity contribution < 1.29 is 9.84 Å². The zero-order chi connectivity index (χ0) is 14.2. The van der Waals surface area contributed by atoms with Crippen molar-refractivity contribution in [2.45, 2.75) is 13.3 Å². The Kier molecular flexibility index (Phi) is 5.46. The summed E-state index contributed by atoms with van der Waals surface area (Å²) in [7, 11) is 0. The third-order valence-corrected chi connectivity index (χ3v) is 2.89. The standard InChI is InChI=1S/C15H19N3O2/c1-12-4-5-13(6-8-16-9-10-19)11-14(12)20-15-3-2-7-17-18-15/h2-5,7,11,16,19H,6,8-10H2,1H3. The van der Waals surface area contributed by atoms with Gasteiger partial charge in [0.25, 0.3) is 0 Å². The van der Waals surface area contributed by atoms with Crippen LogP contribution in [0.3, 0.4) is 0 Å². The van der Waals surface area contributed by atoms with Crippen LogP contribution in [0.25, 0.3) is 0 Å². The van der Waals surface area contributed by atoms with Crippen LogP contribution < -0.4 is 10.1 Å². The van der Waals surface area contributed by atoms with Crippen molar-refractivity contribution in [3.8, 4) is 11.6 Å². The van der Waals surface area contributed by atoms with Gasteiger partial charge in [-0.2, -0.15) is 5.10 Å². The molecule has 0 aliphatic heterocycles. The van der Waals surface area contributed by atoms with Crippen molar-refractivity contribution in [2.75, 3.05) is 19.7 Å². The summed E-state index contributed by atoms with van der Waals surface area (Å²) in [6, 6.07) is 9.71. The highest BCUT2D eigenvalue weighted by Crippen LogP contribution is 2.24. The van der Waals surface area contributed by atoms with Gasteiger partial charge in [0.05, 0.1) is 6.61 Å². The van der Waals surface area contributed by atoms with Crippen LogP contribution in [-0.4, -0.2) is 35.0 Å². The van der Waals surface area contributed by atoms with Crippen LogP contribution in [0.15, 0.2) is 36.5 Å². The average molecular weight is 273 g/mol. The molecule has 1 heterocycles.